The number of hydrogen-bond acceptors (Lipinski definition) is 7. The van der Waals surface area contributed by atoms with Crippen LogP contribution in [0.1, 0.15) is 28.4 Å². The molecule has 0 fully saturated rings. The minimum absolute atomic E-state index is 0.0135. The molecular formula is C23H20BrN3O6. The molecule has 1 amide bonds. The smallest absolute Gasteiger partial charge is 0.275 e. The number of nitro benzene ring substituents is 1. The first-order valence-electron chi connectivity index (χ1n) is 9.82. The van der Waals surface area contributed by atoms with Crippen molar-refractivity contribution in [2.24, 2.45) is 5.10 Å². The van der Waals surface area contributed by atoms with Crippen LogP contribution in [0.4, 0.5) is 5.69 Å². The maximum atomic E-state index is 12.2. The first kappa shape index (κ1) is 23.7. The average molecular weight is 514 g/mol. The largest absolute Gasteiger partial charge is 0.507 e. The lowest BCUT2D eigenvalue weighted by Gasteiger charge is -2.12. The molecule has 2 N–H and O–H groups in total. The SMILES string of the molecule is CCOc1cc(/C=N/NC(=O)c2cc(Br)ccc2O)ccc1OCc1ccc([N+](=O)[O-])cc1. The van der Waals surface area contributed by atoms with E-state index in [4.69, 9.17) is 9.47 Å². The van der Waals surface area contributed by atoms with Gasteiger partial charge in [0.15, 0.2) is 11.5 Å². The van der Waals surface area contributed by atoms with Crippen LogP contribution in [0.5, 0.6) is 17.2 Å². The molecule has 0 aliphatic carbocycles. The topological polar surface area (TPSA) is 123 Å². The number of phenols is 1. The normalized spacial score (nSPS) is 10.7. The molecule has 3 aromatic rings. The minimum atomic E-state index is -0.557. The predicted molar refractivity (Wildman–Crippen MR) is 126 cm³/mol. The predicted octanol–water partition coefficient (Wildman–Crippen LogP) is 4.80. The van der Waals surface area contributed by atoms with Gasteiger partial charge in [-0.2, -0.15) is 5.10 Å². The van der Waals surface area contributed by atoms with Gasteiger partial charge in [-0.15, -0.1) is 0 Å². The number of carbonyl (C=O) groups is 1. The van der Waals surface area contributed by atoms with E-state index >= 15 is 0 Å². The second-order valence-electron chi connectivity index (χ2n) is 6.71. The Morgan fingerprint density at radius 3 is 2.58 bits per heavy atom. The molecule has 0 saturated carbocycles. The summed E-state index contributed by atoms with van der Waals surface area (Å²) in [6, 6.07) is 15.8. The van der Waals surface area contributed by atoms with E-state index in [0.29, 0.717) is 28.1 Å². The van der Waals surface area contributed by atoms with Gasteiger partial charge in [0.2, 0.25) is 0 Å². The van der Waals surface area contributed by atoms with Crippen molar-refractivity contribution in [1.29, 1.82) is 0 Å². The van der Waals surface area contributed by atoms with E-state index in [1.54, 1.807) is 36.4 Å². The number of aromatic hydroxyl groups is 1. The highest BCUT2D eigenvalue weighted by Crippen LogP contribution is 2.29. The average Bonchev–Trinajstić information content (AvgIpc) is 2.80. The van der Waals surface area contributed by atoms with Crippen LogP contribution >= 0.6 is 15.9 Å². The summed E-state index contributed by atoms with van der Waals surface area (Å²) in [6.45, 7) is 2.45. The van der Waals surface area contributed by atoms with Crippen LogP contribution in [0.15, 0.2) is 70.2 Å². The zero-order valence-electron chi connectivity index (χ0n) is 17.5. The van der Waals surface area contributed by atoms with Gasteiger partial charge in [-0.1, -0.05) is 15.9 Å². The Morgan fingerprint density at radius 1 is 1.12 bits per heavy atom. The summed E-state index contributed by atoms with van der Waals surface area (Å²) >= 11 is 3.25. The number of amides is 1. The Hall–Kier alpha value is -3.92. The molecule has 0 atom stereocenters. The molecule has 0 aromatic heterocycles. The van der Waals surface area contributed by atoms with Gasteiger partial charge in [-0.25, -0.2) is 5.43 Å². The summed E-state index contributed by atoms with van der Waals surface area (Å²) in [5.74, 6) is 0.270. The number of nitrogens with zero attached hydrogens (tertiary/aromatic N) is 2. The van der Waals surface area contributed by atoms with E-state index in [1.165, 1.54) is 30.5 Å². The minimum Gasteiger partial charge on any atom is -0.507 e. The number of halogens is 1. The standard InChI is InChI=1S/C23H20BrN3O6/c1-2-32-22-11-16(13-25-26-23(29)19-12-17(24)6-9-20(19)28)5-10-21(22)33-14-15-3-7-18(8-4-15)27(30)31/h3-13,28H,2,14H2,1H3,(H,26,29)/b25-13+. The molecule has 10 heteroatoms. The van der Waals surface area contributed by atoms with E-state index in [2.05, 4.69) is 26.5 Å². The molecule has 0 radical (unpaired) electrons. The summed E-state index contributed by atoms with van der Waals surface area (Å²) in [5.41, 5.74) is 3.90. The van der Waals surface area contributed by atoms with E-state index in [9.17, 15) is 20.0 Å². The number of rotatable bonds is 9. The molecule has 33 heavy (non-hydrogen) atoms. The lowest BCUT2D eigenvalue weighted by Crippen LogP contribution is -2.17. The molecule has 0 aliphatic rings. The summed E-state index contributed by atoms with van der Waals surface area (Å²) in [6.07, 6.45) is 1.44. The van der Waals surface area contributed by atoms with Gasteiger partial charge in [-0.3, -0.25) is 14.9 Å². The van der Waals surface area contributed by atoms with Gasteiger partial charge < -0.3 is 14.6 Å². The van der Waals surface area contributed by atoms with Crippen molar-refractivity contribution in [3.05, 3.63) is 91.9 Å². The molecule has 9 nitrogen and oxygen atoms in total. The number of hydrogen-bond donors (Lipinski definition) is 2. The molecule has 0 saturated heterocycles. The second-order valence-corrected chi connectivity index (χ2v) is 7.63. The fourth-order valence-corrected chi connectivity index (χ4v) is 3.14. The molecule has 170 valence electrons. The van der Waals surface area contributed by atoms with Crippen LogP contribution in [0.2, 0.25) is 0 Å². The van der Waals surface area contributed by atoms with Gasteiger partial charge in [-0.05, 0) is 66.6 Å². The van der Waals surface area contributed by atoms with Gasteiger partial charge in [0.25, 0.3) is 11.6 Å². The highest BCUT2D eigenvalue weighted by Gasteiger charge is 2.11. The van der Waals surface area contributed by atoms with E-state index in [0.717, 1.165) is 5.56 Å². The second kappa shape index (κ2) is 11.1. The highest BCUT2D eigenvalue weighted by atomic mass is 79.9. The van der Waals surface area contributed by atoms with Crippen LogP contribution < -0.4 is 14.9 Å². The van der Waals surface area contributed by atoms with Gasteiger partial charge in [0.1, 0.15) is 12.4 Å². The number of nitro groups is 1. The maximum absolute atomic E-state index is 12.2. The number of nitrogens with one attached hydrogen (secondary N) is 1. The van der Waals surface area contributed by atoms with Crippen LogP contribution in [-0.2, 0) is 6.61 Å². The molecular weight excluding hydrogens is 494 g/mol. The Balaban J connectivity index is 1.66. The monoisotopic (exact) mass is 513 g/mol. The third-order valence-electron chi connectivity index (χ3n) is 4.39. The van der Waals surface area contributed by atoms with E-state index in [-0.39, 0.29) is 23.6 Å². The third kappa shape index (κ3) is 6.53. The van der Waals surface area contributed by atoms with Crippen LogP contribution in [0.25, 0.3) is 0 Å². The van der Waals surface area contributed by atoms with Gasteiger partial charge in [0.05, 0.1) is 23.3 Å². The van der Waals surface area contributed by atoms with Crippen molar-refractivity contribution >= 4 is 33.7 Å². The Kier molecular flexibility index (Phi) is 7.98. The van der Waals surface area contributed by atoms with Crippen molar-refractivity contribution in [3.63, 3.8) is 0 Å². The summed E-state index contributed by atoms with van der Waals surface area (Å²) < 4.78 is 12.1. The molecule has 3 rings (SSSR count). The Morgan fingerprint density at radius 2 is 1.88 bits per heavy atom. The first-order chi connectivity index (χ1) is 15.9. The number of carbonyl (C=O) groups excluding carboxylic acids is 1. The quantitative estimate of drug-likeness (QED) is 0.240. The number of phenolic OH excluding ortho intramolecular Hbond substituents is 1. The maximum Gasteiger partial charge on any atom is 0.275 e. The van der Waals surface area contributed by atoms with E-state index < -0.39 is 10.8 Å². The Labute approximate surface area is 197 Å². The fourth-order valence-electron chi connectivity index (χ4n) is 2.78. The molecule has 0 aliphatic heterocycles. The summed E-state index contributed by atoms with van der Waals surface area (Å²) in [4.78, 5) is 22.5. The van der Waals surface area contributed by atoms with E-state index in [1.807, 2.05) is 6.92 Å². The zero-order chi connectivity index (χ0) is 23.8. The lowest BCUT2D eigenvalue weighted by molar-refractivity contribution is -0.384. The number of non-ortho nitro benzene ring substituents is 1. The Bertz CT molecular complexity index is 1180. The third-order valence-corrected chi connectivity index (χ3v) is 4.89. The van der Waals surface area contributed by atoms with Crippen molar-refractivity contribution < 1.29 is 24.3 Å². The molecule has 0 unspecified atom stereocenters. The highest BCUT2D eigenvalue weighted by molar-refractivity contribution is 9.10. The zero-order valence-corrected chi connectivity index (χ0v) is 19.1. The van der Waals surface area contributed by atoms with Crippen LogP contribution in [0, 0.1) is 10.1 Å². The first-order valence-corrected chi connectivity index (χ1v) is 10.6. The molecule has 0 heterocycles. The summed E-state index contributed by atoms with van der Waals surface area (Å²) in [5, 5.41) is 24.5. The fraction of sp³-hybridized carbons (Fsp3) is 0.130. The van der Waals surface area contributed by atoms with Crippen molar-refractivity contribution in [3.8, 4) is 17.2 Å². The molecule has 0 spiro atoms. The van der Waals surface area contributed by atoms with Gasteiger partial charge in [0, 0.05) is 16.6 Å². The van der Waals surface area contributed by atoms with Crippen molar-refractivity contribution in [2.75, 3.05) is 6.61 Å². The lowest BCUT2D eigenvalue weighted by atomic mass is 10.2. The molecule has 0 bridgehead atoms. The number of ether oxygens (including phenoxy) is 2. The van der Waals surface area contributed by atoms with Crippen LogP contribution in [-0.4, -0.2) is 28.8 Å². The van der Waals surface area contributed by atoms with Crippen molar-refractivity contribution in [1.82, 2.24) is 5.43 Å². The van der Waals surface area contributed by atoms with Crippen molar-refractivity contribution in [2.45, 2.75) is 13.5 Å². The number of benzene rings is 3. The summed E-state index contributed by atoms with van der Waals surface area (Å²) in [7, 11) is 0. The van der Waals surface area contributed by atoms with Crippen LogP contribution in [0.3, 0.4) is 0 Å². The molecule has 3 aromatic carbocycles. The van der Waals surface area contributed by atoms with Gasteiger partial charge >= 0.3 is 0 Å². The number of hydrazone groups is 1.